The van der Waals surface area contributed by atoms with E-state index in [4.69, 9.17) is 21.7 Å². The smallest absolute Gasteiger partial charge is 0.337 e. The molecule has 1 amide bonds. The lowest BCUT2D eigenvalue weighted by Crippen LogP contribution is -2.47. The predicted molar refractivity (Wildman–Crippen MR) is 127 cm³/mol. The standard InChI is InChI=1S/C24H27N3O4S/c1-4-27-16(2)21(23(29)30-3)22(26-24(27)32)18-11-8-12-19(13-18)25-20(28)15-31-14-17-9-6-5-7-10-17/h5-13,22H,4,14-15H2,1-3H3,(H,25,28)(H,26,32)/t22-/m0/s1. The summed E-state index contributed by atoms with van der Waals surface area (Å²) in [4.78, 5) is 26.7. The number of allylic oxidation sites excluding steroid dienone is 1. The van der Waals surface area contributed by atoms with Crippen LogP contribution in [0.5, 0.6) is 0 Å². The maximum Gasteiger partial charge on any atom is 0.337 e. The molecule has 0 radical (unpaired) electrons. The third-order valence-electron chi connectivity index (χ3n) is 5.17. The number of esters is 1. The van der Waals surface area contributed by atoms with Crippen LogP contribution in [0.1, 0.15) is 31.0 Å². The highest BCUT2D eigenvalue weighted by atomic mass is 32.1. The summed E-state index contributed by atoms with van der Waals surface area (Å²) in [7, 11) is 1.36. The third-order valence-corrected chi connectivity index (χ3v) is 5.50. The Morgan fingerprint density at radius 2 is 1.91 bits per heavy atom. The van der Waals surface area contributed by atoms with E-state index in [2.05, 4.69) is 10.6 Å². The van der Waals surface area contributed by atoms with E-state index < -0.39 is 12.0 Å². The average molecular weight is 454 g/mol. The van der Waals surface area contributed by atoms with E-state index in [9.17, 15) is 9.59 Å². The fourth-order valence-electron chi connectivity index (χ4n) is 3.62. The van der Waals surface area contributed by atoms with Gasteiger partial charge < -0.3 is 25.0 Å². The first-order valence-corrected chi connectivity index (χ1v) is 10.7. The maximum atomic E-state index is 12.6. The van der Waals surface area contributed by atoms with Crippen molar-refractivity contribution in [3.63, 3.8) is 0 Å². The minimum atomic E-state index is -0.482. The molecule has 3 rings (SSSR count). The molecular formula is C24H27N3O4S. The lowest BCUT2D eigenvalue weighted by Gasteiger charge is -2.37. The molecule has 0 spiro atoms. The van der Waals surface area contributed by atoms with Crippen LogP contribution in [0, 0.1) is 0 Å². The minimum Gasteiger partial charge on any atom is -0.466 e. The molecule has 1 aliphatic heterocycles. The van der Waals surface area contributed by atoms with Gasteiger partial charge in [0, 0.05) is 17.9 Å². The molecule has 0 unspecified atom stereocenters. The van der Waals surface area contributed by atoms with Gasteiger partial charge in [-0.05, 0) is 49.3 Å². The van der Waals surface area contributed by atoms with Gasteiger partial charge in [0.05, 0.1) is 25.3 Å². The van der Waals surface area contributed by atoms with Crippen LogP contribution in [0.25, 0.3) is 0 Å². The number of anilines is 1. The third kappa shape index (κ3) is 5.52. The van der Waals surface area contributed by atoms with Crippen LogP contribution in [-0.2, 0) is 25.7 Å². The van der Waals surface area contributed by atoms with Crippen molar-refractivity contribution in [2.24, 2.45) is 0 Å². The van der Waals surface area contributed by atoms with E-state index in [0.717, 1.165) is 16.8 Å². The van der Waals surface area contributed by atoms with E-state index in [-0.39, 0.29) is 12.5 Å². The number of rotatable bonds is 8. The summed E-state index contributed by atoms with van der Waals surface area (Å²) in [6, 6.07) is 16.5. The number of nitrogens with one attached hydrogen (secondary N) is 2. The number of carbonyl (C=O) groups is 2. The van der Waals surface area contributed by atoms with E-state index in [0.29, 0.717) is 29.5 Å². The molecule has 8 heteroatoms. The molecule has 0 aromatic heterocycles. The van der Waals surface area contributed by atoms with Gasteiger partial charge in [0.25, 0.3) is 0 Å². The van der Waals surface area contributed by atoms with Crippen molar-refractivity contribution >= 4 is 34.9 Å². The Bertz CT molecular complexity index is 1020. The summed E-state index contributed by atoms with van der Waals surface area (Å²) in [5, 5.41) is 6.60. The van der Waals surface area contributed by atoms with Crippen LogP contribution in [0.4, 0.5) is 5.69 Å². The second kappa shape index (κ2) is 10.9. The molecule has 0 saturated carbocycles. The van der Waals surface area contributed by atoms with Gasteiger partial charge in [0.2, 0.25) is 5.91 Å². The zero-order chi connectivity index (χ0) is 23.1. The van der Waals surface area contributed by atoms with Crippen molar-refractivity contribution in [2.45, 2.75) is 26.5 Å². The van der Waals surface area contributed by atoms with Gasteiger partial charge in [0.1, 0.15) is 6.61 Å². The van der Waals surface area contributed by atoms with Crippen LogP contribution >= 0.6 is 12.2 Å². The first-order chi connectivity index (χ1) is 15.4. The summed E-state index contributed by atoms with van der Waals surface area (Å²) in [6.45, 7) is 4.74. The summed E-state index contributed by atoms with van der Waals surface area (Å²) in [5.41, 5.74) is 3.61. The van der Waals surface area contributed by atoms with Crippen molar-refractivity contribution < 1.29 is 19.1 Å². The predicted octanol–water partition coefficient (Wildman–Crippen LogP) is 3.54. The molecule has 0 fully saturated rings. The molecule has 2 aromatic rings. The zero-order valence-electron chi connectivity index (χ0n) is 18.4. The normalized spacial score (nSPS) is 15.9. The van der Waals surface area contributed by atoms with E-state index in [1.165, 1.54) is 7.11 Å². The number of ether oxygens (including phenoxy) is 2. The monoisotopic (exact) mass is 453 g/mol. The maximum absolute atomic E-state index is 12.6. The van der Waals surface area contributed by atoms with Crippen LogP contribution in [-0.4, -0.2) is 42.2 Å². The van der Waals surface area contributed by atoms with Crippen molar-refractivity contribution in [3.05, 3.63) is 77.0 Å². The zero-order valence-corrected chi connectivity index (χ0v) is 19.2. The molecule has 1 atom stereocenters. The average Bonchev–Trinajstić information content (AvgIpc) is 2.79. The highest BCUT2D eigenvalue weighted by Crippen LogP contribution is 2.32. The van der Waals surface area contributed by atoms with Gasteiger partial charge in [0.15, 0.2) is 5.11 Å². The number of benzene rings is 2. The Balaban J connectivity index is 1.72. The number of nitrogens with zero attached hydrogens (tertiary/aromatic N) is 1. The summed E-state index contributed by atoms with van der Waals surface area (Å²) in [6.07, 6.45) is 0. The number of methoxy groups -OCH3 is 1. The Morgan fingerprint density at radius 3 is 2.59 bits per heavy atom. The fraction of sp³-hybridized carbons (Fsp3) is 0.292. The van der Waals surface area contributed by atoms with Gasteiger partial charge >= 0.3 is 5.97 Å². The summed E-state index contributed by atoms with van der Waals surface area (Å²) >= 11 is 5.49. The number of carbonyl (C=O) groups excluding carboxylic acids is 2. The van der Waals surface area contributed by atoms with E-state index in [1.807, 2.05) is 67.3 Å². The summed E-state index contributed by atoms with van der Waals surface area (Å²) in [5.74, 6) is -0.688. The lowest BCUT2D eigenvalue weighted by molar-refractivity contribution is -0.136. The van der Waals surface area contributed by atoms with Gasteiger partial charge in [-0.2, -0.15) is 0 Å². The SMILES string of the molecule is CCN1C(=S)N[C@@H](c2cccc(NC(=O)COCc3ccccc3)c2)C(C(=O)OC)=C1C. The number of amides is 1. The Labute approximate surface area is 193 Å². The molecule has 0 bridgehead atoms. The van der Waals surface area contributed by atoms with Gasteiger partial charge in [-0.1, -0.05) is 42.5 Å². The molecule has 168 valence electrons. The molecule has 1 aliphatic rings. The molecule has 1 heterocycles. The Kier molecular flexibility index (Phi) is 7.97. The molecule has 0 aliphatic carbocycles. The van der Waals surface area contributed by atoms with Crippen molar-refractivity contribution in [2.75, 3.05) is 25.6 Å². The fourth-order valence-corrected chi connectivity index (χ4v) is 4.00. The van der Waals surface area contributed by atoms with Gasteiger partial charge in [-0.25, -0.2) is 4.79 Å². The number of hydrogen-bond acceptors (Lipinski definition) is 5. The quantitative estimate of drug-likeness (QED) is 0.467. The van der Waals surface area contributed by atoms with Crippen LogP contribution in [0.3, 0.4) is 0 Å². The van der Waals surface area contributed by atoms with Gasteiger partial charge in [-0.15, -0.1) is 0 Å². The first kappa shape index (κ1) is 23.4. The first-order valence-electron chi connectivity index (χ1n) is 10.3. The van der Waals surface area contributed by atoms with Crippen molar-refractivity contribution in [1.82, 2.24) is 10.2 Å². The highest BCUT2D eigenvalue weighted by Gasteiger charge is 2.34. The molecule has 2 N–H and O–H groups in total. The molecular weight excluding hydrogens is 426 g/mol. The topological polar surface area (TPSA) is 79.9 Å². The Hall–Kier alpha value is -3.23. The molecule has 32 heavy (non-hydrogen) atoms. The second-order valence-electron chi connectivity index (χ2n) is 7.27. The Morgan fingerprint density at radius 1 is 1.16 bits per heavy atom. The molecule has 0 saturated heterocycles. The van der Waals surface area contributed by atoms with E-state index >= 15 is 0 Å². The largest absolute Gasteiger partial charge is 0.466 e. The van der Waals surface area contributed by atoms with Crippen LogP contribution < -0.4 is 10.6 Å². The summed E-state index contributed by atoms with van der Waals surface area (Å²) < 4.78 is 10.5. The van der Waals surface area contributed by atoms with Crippen LogP contribution in [0.15, 0.2) is 65.9 Å². The van der Waals surface area contributed by atoms with E-state index in [1.54, 1.807) is 6.07 Å². The van der Waals surface area contributed by atoms with Crippen molar-refractivity contribution in [1.29, 1.82) is 0 Å². The number of thiocarbonyl (C=S) groups is 1. The molecule has 7 nitrogen and oxygen atoms in total. The molecule has 2 aromatic carbocycles. The number of hydrogen-bond donors (Lipinski definition) is 2. The highest BCUT2D eigenvalue weighted by molar-refractivity contribution is 7.80. The van der Waals surface area contributed by atoms with Crippen LogP contribution in [0.2, 0.25) is 0 Å². The van der Waals surface area contributed by atoms with Crippen molar-refractivity contribution in [3.8, 4) is 0 Å². The minimum absolute atomic E-state index is 0.0667. The second-order valence-corrected chi connectivity index (χ2v) is 7.66. The lowest BCUT2D eigenvalue weighted by atomic mass is 9.94. The van der Waals surface area contributed by atoms with Gasteiger partial charge in [-0.3, -0.25) is 4.79 Å².